The fourth-order valence-electron chi connectivity index (χ4n) is 3.26. The van der Waals surface area contributed by atoms with Crippen LogP contribution in [0.3, 0.4) is 0 Å². The smallest absolute Gasteiger partial charge is 0.313 e. The van der Waals surface area contributed by atoms with Gasteiger partial charge in [0.25, 0.3) is 0 Å². The van der Waals surface area contributed by atoms with E-state index < -0.39 is 17.4 Å². The molecule has 3 rings (SSSR count). The molecule has 6 heteroatoms. The van der Waals surface area contributed by atoms with Gasteiger partial charge in [0.1, 0.15) is 0 Å². The number of fused-ring (bicyclic) bond motifs is 1. The maximum absolute atomic E-state index is 12.0. The highest BCUT2D eigenvalue weighted by molar-refractivity contribution is 6.39. The maximum Gasteiger partial charge on any atom is 0.313 e. The fraction of sp³-hybridized carbons (Fsp3) is 0.444. The van der Waals surface area contributed by atoms with E-state index in [-0.39, 0.29) is 6.54 Å². The van der Waals surface area contributed by atoms with Crippen LogP contribution in [0.1, 0.15) is 37.8 Å². The quantitative estimate of drug-likeness (QED) is 0.650. The molecule has 2 aromatic rings. The Hall–Kier alpha value is -2.34. The lowest BCUT2D eigenvalue weighted by atomic mass is 9.85. The molecule has 0 spiro atoms. The third-order valence-corrected chi connectivity index (χ3v) is 4.58. The van der Waals surface area contributed by atoms with E-state index in [0.29, 0.717) is 18.5 Å². The van der Waals surface area contributed by atoms with Crippen LogP contribution in [0.5, 0.6) is 0 Å². The van der Waals surface area contributed by atoms with Crippen LogP contribution in [0.2, 0.25) is 0 Å². The van der Waals surface area contributed by atoms with Crippen LogP contribution >= 0.6 is 0 Å². The zero-order valence-electron chi connectivity index (χ0n) is 13.8. The zero-order chi connectivity index (χ0) is 17.2. The summed E-state index contributed by atoms with van der Waals surface area (Å²) in [5, 5.41) is 16.5. The Balaban J connectivity index is 1.57. The average Bonchev–Trinajstić information content (AvgIpc) is 2.92. The van der Waals surface area contributed by atoms with Crippen molar-refractivity contribution >= 4 is 28.4 Å². The Kier molecular flexibility index (Phi) is 4.57. The number of rotatable bonds is 3. The van der Waals surface area contributed by atoms with Gasteiger partial charge < -0.3 is 20.7 Å². The number of nitrogens with one attached hydrogen (secondary N) is 3. The number of aromatic nitrogens is 1. The Labute approximate surface area is 140 Å². The molecule has 1 saturated carbocycles. The molecule has 4 N–H and O–H groups in total. The predicted octanol–water partition coefficient (Wildman–Crippen LogP) is 2.23. The maximum atomic E-state index is 12.0. The van der Waals surface area contributed by atoms with Crippen LogP contribution in [-0.2, 0) is 9.59 Å². The number of amides is 2. The van der Waals surface area contributed by atoms with E-state index in [1.165, 1.54) is 0 Å². The van der Waals surface area contributed by atoms with Gasteiger partial charge in [-0.05, 0) is 44.0 Å². The highest BCUT2D eigenvalue weighted by Gasteiger charge is 2.30. The summed E-state index contributed by atoms with van der Waals surface area (Å²) in [4.78, 5) is 27.2. The normalized spacial score (nSPS) is 16.8. The standard InChI is InChI=1S/C18H23N3O3/c1-12-9-13-10-14(5-6-15(13)20-12)21-17(23)16(22)19-11-18(24)7-3-2-4-8-18/h5-6,9-10,20,24H,2-4,7-8,11H2,1H3,(H,19,22)(H,21,23). The number of benzene rings is 1. The van der Waals surface area contributed by atoms with Crippen LogP contribution in [0.15, 0.2) is 24.3 Å². The second-order valence-corrected chi connectivity index (χ2v) is 6.68. The molecule has 0 saturated heterocycles. The first-order valence-electron chi connectivity index (χ1n) is 8.36. The molecule has 0 unspecified atom stereocenters. The largest absolute Gasteiger partial charge is 0.388 e. The number of hydrogen-bond acceptors (Lipinski definition) is 3. The minimum absolute atomic E-state index is 0.120. The number of aliphatic hydroxyl groups is 1. The first kappa shape index (κ1) is 16.5. The third kappa shape index (κ3) is 3.76. The van der Waals surface area contributed by atoms with Crippen molar-refractivity contribution < 1.29 is 14.7 Å². The number of H-pyrrole nitrogens is 1. The van der Waals surface area contributed by atoms with Crippen molar-refractivity contribution in [2.24, 2.45) is 0 Å². The number of hydrogen-bond donors (Lipinski definition) is 4. The highest BCUT2D eigenvalue weighted by Crippen LogP contribution is 2.27. The zero-order valence-corrected chi connectivity index (χ0v) is 13.8. The molecule has 1 heterocycles. The number of anilines is 1. The summed E-state index contributed by atoms with van der Waals surface area (Å²) in [5.74, 6) is -1.44. The molecule has 1 fully saturated rings. The minimum atomic E-state index is -0.879. The van der Waals surface area contributed by atoms with E-state index >= 15 is 0 Å². The van der Waals surface area contributed by atoms with Crippen LogP contribution in [0.25, 0.3) is 10.9 Å². The summed E-state index contributed by atoms with van der Waals surface area (Å²) >= 11 is 0. The molecule has 1 aliphatic carbocycles. The molecule has 1 aromatic carbocycles. The highest BCUT2D eigenvalue weighted by atomic mass is 16.3. The Bertz CT molecular complexity index is 760. The van der Waals surface area contributed by atoms with Crippen molar-refractivity contribution in [1.29, 1.82) is 0 Å². The van der Waals surface area contributed by atoms with E-state index in [9.17, 15) is 14.7 Å². The van der Waals surface area contributed by atoms with Crippen molar-refractivity contribution in [1.82, 2.24) is 10.3 Å². The van der Waals surface area contributed by atoms with Crippen LogP contribution in [-0.4, -0.2) is 34.1 Å². The molecule has 1 aromatic heterocycles. The third-order valence-electron chi connectivity index (χ3n) is 4.58. The first-order chi connectivity index (χ1) is 11.5. The van der Waals surface area contributed by atoms with Crippen molar-refractivity contribution in [2.45, 2.75) is 44.6 Å². The SMILES string of the molecule is Cc1cc2cc(NC(=O)C(=O)NCC3(O)CCCCC3)ccc2[nH]1. The van der Waals surface area contributed by atoms with Crippen molar-refractivity contribution in [3.63, 3.8) is 0 Å². The van der Waals surface area contributed by atoms with Gasteiger partial charge in [-0.3, -0.25) is 9.59 Å². The summed E-state index contributed by atoms with van der Waals surface area (Å²) in [6.07, 6.45) is 4.35. The molecule has 24 heavy (non-hydrogen) atoms. The second kappa shape index (κ2) is 6.65. The lowest BCUT2D eigenvalue weighted by Gasteiger charge is -2.31. The van der Waals surface area contributed by atoms with E-state index in [2.05, 4.69) is 15.6 Å². The van der Waals surface area contributed by atoms with Crippen LogP contribution in [0, 0.1) is 6.92 Å². The van der Waals surface area contributed by atoms with E-state index in [1.54, 1.807) is 6.07 Å². The summed E-state index contributed by atoms with van der Waals surface area (Å²) in [7, 11) is 0. The Morgan fingerprint density at radius 1 is 1.17 bits per heavy atom. The van der Waals surface area contributed by atoms with Crippen LogP contribution in [0.4, 0.5) is 5.69 Å². The van der Waals surface area contributed by atoms with Crippen molar-refractivity contribution in [2.75, 3.05) is 11.9 Å². The minimum Gasteiger partial charge on any atom is -0.388 e. The number of carbonyl (C=O) groups is 2. The van der Waals surface area contributed by atoms with Gasteiger partial charge in [0, 0.05) is 28.8 Å². The first-order valence-corrected chi connectivity index (χ1v) is 8.36. The van der Waals surface area contributed by atoms with Crippen molar-refractivity contribution in [3.05, 3.63) is 30.0 Å². The molecule has 0 bridgehead atoms. The van der Waals surface area contributed by atoms with Gasteiger partial charge in [-0.15, -0.1) is 0 Å². The topological polar surface area (TPSA) is 94.2 Å². The van der Waals surface area contributed by atoms with E-state index in [1.807, 2.05) is 25.1 Å². The molecule has 0 aliphatic heterocycles. The fourth-order valence-corrected chi connectivity index (χ4v) is 3.26. The molecular formula is C18H23N3O3. The Morgan fingerprint density at radius 3 is 2.67 bits per heavy atom. The van der Waals surface area contributed by atoms with Gasteiger partial charge >= 0.3 is 11.8 Å². The van der Waals surface area contributed by atoms with Gasteiger partial charge in [0.2, 0.25) is 0 Å². The molecular weight excluding hydrogens is 306 g/mol. The average molecular weight is 329 g/mol. The lowest BCUT2D eigenvalue weighted by molar-refractivity contribution is -0.137. The van der Waals surface area contributed by atoms with Gasteiger partial charge in [-0.1, -0.05) is 19.3 Å². The summed E-state index contributed by atoms with van der Waals surface area (Å²) in [6.45, 7) is 2.08. The van der Waals surface area contributed by atoms with E-state index in [0.717, 1.165) is 35.9 Å². The van der Waals surface area contributed by atoms with Crippen molar-refractivity contribution in [3.8, 4) is 0 Å². The predicted molar refractivity (Wildman–Crippen MR) is 92.7 cm³/mol. The molecule has 128 valence electrons. The van der Waals surface area contributed by atoms with Crippen LogP contribution < -0.4 is 10.6 Å². The molecule has 0 atom stereocenters. The van der Waals surface area contributed by atoms with Gasteiger partial charge in [0.15, 0.2) is 0 Å². The monoisotopic (exact) mass is 329 g/mol. The number of carbonyl (C=O) groups excluding carboxylic acids is 2. The number of aryl methyl sites for hydroxylation is 1. The molecule has 1 aliphatic rings. The molecule has 6 nitrogen and oxygen atoms in total. The molecule has 2 amide bonds. The summed E-state index contributed by atoms with van der Waals surface area (Å²) in [6, 6.07) is 7.40. The second-order valence-electron chi connectivity index (χ2n) is 6.68. The van der Waals surface area contributed by atoms with E-state index in [4.69, 9.17) is 0 Å². The Morgan fingerprint density at radius 2 is 1.92 bits per heavy atom. The van der Waals surface area contributed by atoms with Gasteiger partial charge in [-0.2, -0.15) is 0 Å². The number of aromatic amines is 1. The summed E-state index contributed by atoms with van der Waals surface area (Å²) < 4.78 is 0. The van der Waals surface area contributed by atoms with Gasteiger partial charge in [0.05, 0.1) is 5.60 Å². The lowest BCUT2D eigenvalue weighted by Crippen LogP contribution is -2.47. The van der Waals surface area contributed by atoms with Gasteiger partial charge in [-0.25, -0.2) is 0 Å². The summed E-state index contributed by atoms with van der Waals surface area (Å²) in [5.41, 5.74) is 1.70. The molecule has 0 radical (unpaired) electrons.